The van der Waals surface area contributed by atoms with Crippen LogP contribution in [0, 0.1) is 0 Å². The third kappa shape index (κ3) is 1.92. The molecule has 0 unspecified atom stereocenters. The van der Waals surface area contributed by atoms with E-state index in [0.29, 0.717) is 24.0 Å². The van der Waals surface area contributed by atoms with Crippen molar-refractivity contribution in [1.82, 2.24) is 0 Å². The number of ketones is 2. The number of fused-ring (bicyclic) bond motifs is 1. The third-order valence-electron chi connectivity index (χ3n) is 3.11. The van der Waals surface area contributed by atoms with Crippen LogP contribution in [0.25, 0.3) is 0 Å². The Balaban J connectivity index is 2.43. The predicted octanol–water partition coefficient (Wildman–Crippen LogP) is 3.19. The van der Waals surface area contributed by atoms with Crippen LogP contribution in [0.3, 0.4) is 0 Å². The average molecular weight is 216 g/mol. The van der Waals surface area contributed by atoms with Gasteiger partial charge in [0.1, 0.15) is 0 Å². The maximum Gasteiger partial charge on any atom is 0.164 e. The SMILES string of the molecule is CCCCc1cccc2c1C(=O)CCC2=O. The zero-order valence-electron chi connectivity index (χ0n) is 9.58. The van der Waals surface area contributed by atoms with Gasteiger partial charge in [0.2, 0.25) is 0 Å². The number of aryl methyl sites for hydroxylation is 1. The van der Waals surface area contributed by atoms with Gasteiger partial charge in [-0.25, -0.2) is 0 Å². The van der Waals surface area contributed by atoms with Gasteiger partial charge in [-0.05, 0) is 18.4 Å². The first-order valence-corrected chi connectivity index (χ1v) is 5.92. The van der Waals surface area contributed by atoms with Crippen molar-refractivity contribution < 1.29 is 9.59 Å². The lowest BCUT2D eigenvalue weighted by atomic mass is 9.85. The van der Waals surface area contributed by atoms with E-state index in [4.69, 9.17) is 0 Å². The molecule has 2 nitrogen and oxygen atoms in total. The van der Waals surface area contributed by atoms with Crippen LogP contribution < -0.4 is 0 Å². The number of carbonyl (C=O) groups is 2. The monoisotopic (exact) mass is 216 g/mol. The fourth-order valence-corrected chi connectivity index (χ4v) is 2.22. The van der Waals surface area contributed by atoms with Gasteiger partial charge in [-0.15, -0.1) is 0 Å². The molecule has 84 valence electrons. The summed E-state index contributed by atoms with van der Waals surface area (Å²) < 4.78 is 0. The van der Waals surface area contributed by atoms with Crippen molar-refractivity contribution in [3.63, 3.8) is 0 Å². The summed E-state index contributed by atoms with van der Waals surface area (Å²) in [4.78, 5) is 23.6. The molecule has 0 atom stereocenters. The van der Waals surface area contributed by atoms with E-state index in [2.05, 4.69) is 6.92 Å². The molecule has 1 aliphatic rings. The van der Waals surface area contributed by atoms with E-state index in [1.807, 2.05) is 12.1 Å². The van der Waals surface area contributed by atoms with Crippen LogP contribution in [0.5, 0.6) is 0 Å². The molecule has 1 aliphatic carbocycles. The number of rotatable bonds is 3. The van der Waals surface area contributed by atoms with E-state index in [9.17, 15) is 9.59 Å². The lowest BCUT2D eigenvalue weighted by Crippen LogP contribution is -2.19. The highest BCUT2D eigenvalue weighted by Crippen LogP contribution is 2.25. The highest BCUT2D eigenvalue weighted by atomic mass is 16.1. The van der Waals surface area contributed by atoms with Gasteiger partial charge in [0, 0.05) is 24.0 Å². The molecule has 0 heterocycles. The van der Waals surface area contributed by atoms with Gasteiger partial charge in [0.25, 0.3) is 0 Å². The molecule has 16 heavy (non-hydrogen) atoms. The number of hydrogen-bond acceptors (Lipinski definition) is 2. The molecule has 0 aromatic heterocycles. The van der Waals surface area contributed by atoms with Crippen molar-refractivity contribution >= 4 is 11.6 Å². The van der Waals surface area contributed by atoms with Gasteiger partial charge in [-0.1, -0.05) is 31.5 Å². The Morgan fingerprint density at radius 3 is 2.62 bits per heavy atom. The minimum absolute atomic E-state index is 0.118. The van der Waals surface area contributed by atoms with Gasteiger partial charge in [0.05, 0.1) is 0 Å². The summed E-state index contributed by atoms with van der Waals surface area (Å²) in [6.07, 6.45) is 3.83. The summed E-state index contributed by atoms with van der Waals surface area (Å²) in [6.45, 7) is 2.13. The molecule has 0 radical (unpaired) electrons. The molecule has 2 heteroatoms. The predicted molar refractivity (Wildman–Crippen MR) is 62.9 cm³/mol. The van der Waals surface area contributed by atoms with E-state index in [1.54, 1.807) is 6.07 Å². The lowest BCUT2D eigenvalue weighted by molar-refractivity contribution is 0.0889. The van der Waals surface area contributed by atoms with Crippen molar-refractivity contribution in [3.05, 3.63) is 34.9 Å². The third-order valence-corrected chi connectivity index (χ3v) is 3.11. The standard InChI is InChI=1S/C14H16O2/c1-2-3-5-10-6-4-7-11-12(15)8-9-13(16)14(10)11/h4,6-7H,2-3,5,8-9H2,1H3. The molecule has 1 aromatic rings. The van der Waals surface area contributed by atoms with Crippen LogP contribution in [0.1, 0.15) is 58.9 Å². The quantitative estimate of drug-likeness (QED) is 0.777. The molecule has 0 saturated heterocycles. The van der Waals surface area contributed by atoms with E-state index in [0.717, 1.165) is 24.8 Å². The Hall–Kier alpha value is -1.44. The maximum atomic E-state index is 11.9. The van der Waals surface area contributed by atoms with Crippen LogP contribution in [0.4, 0.5) is 0 Å². The average Bonchev–Trinajstić information content (AvgIpc) is 2.31. The summed E-state index contributed by atoms with van der Waals surface area (Å²) in [5.41, 5.74) is 2.40. The summed E-state index contributed by atoms with van der Waals surface area (Å²) in [6, 6.07) is 5.65. The first kappa shape index (κ1) is 11.1. The van der Waals surface area contributed by atoms with E-state index in [1.165, 1.54) is 0 Å². The zero-order valence-corrected chi connectivity index (χ0v) is 9.58. The molecular weight excluding hydrogens is 200 g/mol. The molecule has 0 N–H and O–H groups in total. The molecule has 0 saturated carbocycles. The van der Waals surface area contributed by atoms with Gasteiger partial charge in [-0.3, -0.25) is 9.59 Å². The van der Waals surface area contributed by atoms with Gasteiger partial charge in [0.15, 0.2) is 11.6 Å². The molecule has 0 fully saturated rings. The fourth-order valence-electron chi connectivity index (χ4n) is 2.22. The van der Waals surface area contributed by atoms with Gasteiger partial charge in [-0.2, -0.15) is 0 Å². The second kappa shape index (κ2) is 4.60. The number of Topliss-reactive ketones (excluding diaryl/α,β-unsaturated/α-hetero) is 2. The smallest absolute Gasteiger partial charge is 0.164 e. The van der Waals surface area contributed by atoms with E-state index in [-0.39, 0.29) is 11.6 Å². The topological polar surface area (TPSA) is 34.1 Å². The second-order valence-electron chi connectivity index (χ2n) is 4.29. The Morgan fingerprint density at radius 2 is 1.88 bits per heavy atom. The Morgan fingerprint density at radius 1 is 1.12 bits per heavy atom. The molecule has 0 spiro atoms. The molecular formula is C14H16O2. The molecule has 2 rings (SSSR count). The van der Waals surface area contributed by atoms with E-state index >= 15 is 0 Å². The highest BCUT2D eigenvalue weighted by Gasteiger charge is 2.25. The summed E-state index contributed by atoms with van der Waals surface area (Å²) in [5.74, 6) is 0.259. The molecule has 0 amide bonds. The molecule has 1 aromatic carbocycles. The fraction of sp³-hybridized carbons (Fsp3) is 0.429. The van der Waals surface area contributed by atoms with Crippen LogP contribution in [0.15, 0.2) is 18.2 Å². The normalized spacial score (nSPS) is 15.1. The summed E-state index contributed by atoms with van der Waals surface area (Å²) >= 11 is 0. The largest absolute Gasteiger partial charge is 0.294 e. The second-order valence-corrected chi connectivity index (χ2v) is 4.29. The molecule has 0 aliphatic heterocycles. The minimum atomic E-state index is 0.118. The highest BCUT2D eigenvalue weighted by molar-refractivity contribution is 6.14. The Bertz CT molecular complexity index is 432. The van der Waals surface area contributed by atoms with Crippen LogP contribution >= 0.6 is 0 Å². The number of hydrogen-bond donors (Lipinski definition) is 0. The van der Waals surface area contributed by atoms with Gasteiger partial charge >= 0.3 is 0 Å². The summed E-state index contributed by atoms with van der Waals surface area (Å²) in [7, 11) is 0. The lowest BCUT2D eigenvalue weighted by Gasteiger charge is -2.17. The maximum absolute atomic E-state index is 11.9. The number of unbranched alkanes of at least 4 members (excludes halogenated alkanes) is 1. The Kier molecular flexibility index (Phi) is 3.18. The first-order chi connectivity index (χ1) is 7.74. The minimum Gasteiger partial charge on any atom is -0.294 e. The Labute approximate surface area is 95.7 Å². The van der Waals surface area contributed by atoms with Crippen molar-refractivity contribution in [2.24, 2.45) is 0 Å². The van der Waals surface area contributed by atoms with Crippen molar-refractivity contribution in [3.8, 4) is 0 Å². The van der Waals surface area contributed by atoms with Crippen molar-refractivity contribution in [2.75, 3.05) is 0 Å². The zero-order chi connectivity index (χ0) is 11.5. The van der Waals surface area contributed by atoms with Crippen LogP contribution in [-0.4, -0.2) is 11.6 Å². The number of carbonyl (C=O) groups excluding carboxylic acids is 2. The van der Waals surface area contributed by atoms with Crippen LogP contribution in [-0.2, 0) is 6.42 Å². The molecule has 0 bridgehead atoms. The van der Waals surface area contributed by atoms with Crippen LogP contribution in [0.2, 0.25) is 0 Å². The van der Waals surface area contributed by atoms with Crippen molar-refractivity contribution in [2.45, 2.75) is 39.0 Å². The summed E-state index contributed by atoms with van der Waals surface area (Å²) in [5, 5.41) is 0. The van der Waals surface area contributed by atoms with E-state index < -0.39 is 0 Å². The number of benzene rings is 1. The van der Waals surface area contributed by atoms with Crippen molar-refractivity contribution in [1.29, 1.82) is 0 Å². The van der Waals surface area contributed by atoms with Gasteiger partial charge < -0.3 is 0 Å². The first-order valence-electron chi connectivity index (χ1n) is 5.92.